The van der Waals surface area contributed by atoms with Crippen molar-refractivity contribution in [1.82, 2.24) is 9.88 Å². The first kappa shape index (κ1) is 23.9. The van der Waals surface area contributed by atoms with E-state index in [1.54, 1.807) is 6.92 Å². The van der Waals surface area contributed by atoms with Crippen LogP contribution < -0.4 is 14.5 Å². The minimum atomic E-state index is -4.83. The van der Waals surface area contributed by atoms with Crippen molar-refractivity contribution in [1.29, 1.82) is 0 Å². The number of benzene rings is 2. The summed E-state index contributed by atoms with van der Waals surface area (Å²) in [6.45, 7) is 3.65. The minimum Gasteiger partial charge on any atom is -0.406 e. The summed E-state index contributed by atoms with van der Waals surface area (Å²) >= 11 is 0. The number of aromatic nitrogens is 1. The van der Waals surface area contributed by atoms with Gasteiger partial charge < -0.3 is 14.5 Å². The van der Waals surface area contributed by atoms with E-state index in [-0.39, 0.29) is 12.2 Å². The number of urea groups is 1. The molecule has 2 saturated heterocycles. The van der Waals surface area contributed by atoms with Crippen LogP contribution in [0.1, 0.15) is 31.7 Å². The number of carbonyl (C=O) groups excluding carboxylic acids is 2. The van der Waals surface area contributed by atoms with Crippen molar-refractivity contribution in [2.45, 2.75) is 45.1 Å². The number of amides is 3. The zero-order valence-electron chi connectivity index (χ0n) is 19.7. The molecular weight excluding hydrogens is 473 g/mol. The Kier molecular flexibility index (Phi) is 6.19. The van der Waals surface area contributed by atoms with Gasteiger partial charge in [0, 0.05) is 24.0 Å². The Bertz CT molecular complexity index is 1290. The second kappa shape index (κ2) is 9.33. The van der Waals surface area contributed by atoms with E-state index >= 15 is 0 Å². The summed E-state index contributed by atoms with van der Waals surface area (Å²) in [5.41, 5.74) is 2.86. The van der Waals surface area contributed by atoms with Crippen LogP contribution in [0.5, 0.6) is 5.75 Å². The molecule has 0 saturated carbocycles. The van der Waals surface area contributed by atoms with Gasteiger partial charge in [0.2, 0.25) is 0 Å². The molecule has 1 aromatic heterocycles. The predicted molar refractivity (Wildman–Crippen MR) is 129 cm³/mol. The quantitative estimate of drug-likeness (QED) is 0.436. The molecule has 1 unspecified atom stereocenters. The van der Waals surface area contributed by atoms with Crippen LogP contribution in [0.15, 0.2) is 54.7 Å². The highest BCUT2D eigenvalue weighted by atomic mass is 19.4. The number of ether oxygens (including phenoxy) is 1. The van der Waals surface area contributed by atoms with Crippen LogP contribution in [-0.2, 0) is 11.3 Å². The minimum absolute atomic E-state index is 0.185. The molecule has 0 N–H and O–H groups in total. The fourth-order valence-corrected chi connectivity index (χ4v) is 4.88. The van der Waals surface area contributed by atoms with Gasteiger partial charge in [0.15, 0.2) is 0 Å². The average molecular weight is 499 g/mol. The molecule has 0 radical (unpaired) electrons. The van der Waals surface area contributed by atoms with Crippen LogP contribution in [0.4, 0.5) is 29.3 Å². The number of pyridine rings is 1. The number of piperidine rings is 1. The Balaban J connectivity index is 1.46. The second-order valence-corrected chi connectivity index (χ2v) is 8.99. The number of rotatable bonds is 5. The third-order valence-corrected chi connectivity index (χ3v) is 6.70. The number of para-hydroxylation sites is 1. The van der Waals surface area contributed by atoms with E-state index in [0.29, 0.717) is 0 Å². The number of imide groups is 1. The predicted octanol–water partition coefficient (Wildman–Crippen LogP) is 5.48. The summed E-state index contributed by atoms with van der Waals surface area (Å²) in [6.07, 6.45) is 0.334. The fraction of sp³-hybridized carbons (Fsp3) is 0.346. The number of alkyl halides is 3. The van der Waals surface area contributed by atoms with Gasteiger partial charge in [-0.1, -0.05) is 18.2 Å². The van der Waals surface area contributed by atoms with E-state index in [0.717, 1.165) is 65.1 Å². The molecule has 3 aromatic rings. The number of carbonyl (C=O) groups is 2. The third kappa shape index (κ3) is 4.55. The average Bonchev–Trinajstić information content (AvgIpc) is 3.07. The van der Waals surface area contributed by atoms with Crippen LogP contribution in [-0.4, -0.2) is 47.3 Å². The molecular formula is C26H25F3N4O3. The van der Waals surface area contributed by atoms with Crippen LogP contribution in [0.3, 0.4) is 0 Å². The van der Waals surface area contributed by atoms with Crippen LogP contribution >= 0.6 is 0 Å². The van der Waals surface area contributed by atoms with Crippen molar-refractivity contribution in [2.75, 3.05) is 22.9 Å². The Morgan fingerprint density at radius 3 is 2.39 bits per heavy atom. The standard InChI is InChI=1S/C26H25F3N4O3/c1-17-24(34)33(18-9-11-19(12-10-18)36-26(27,28)29)25(35)32(17)16-21-20-7-3-4-8-22(20)30-15-23(21)31-13-5-2-6-14-31/h3-4,7-12,15,17H,2,5-6,13-14,16H2,1H3. The zero-order chi connectivity index (χ0) is 25.4. The van der Waals surface area contributed by atoms with Gasteiger partial charge in [-0.3, -0.25) is 9.78 Å². The summed E-state index contributed by atoms with van der Waals surface area (Å²) in [6, 6.07) is 11.1. The van der Waals surface area contributed by atoms with E-state index in [1.165, 1.54) is 23.5 Å². The normalized spacial score (nSPS) is 18.9. The monoisotopic (exact) mass is 498 g/mol. The highest BCUT2D eigenvalue weighted by Crippen LogP contribution is 2.34. The third-order valence-electron chi connectivity index (χ3n) is 6.70. The molecule has 2 aliphatic rings. The van der Waals surface area contributed by atoms with E-state index in [1.807, 2.05) is 30.5 Å². The lowest BCUT2D eigenvalue weighted by Crippen LogP contribution is -2.35. The van der Waals surface area contributed by atoms with Gasteiger partial charge >= 0.3 is 12.4 Å². The maximum atomic E-state index is 13.5. The van der Waals surface area contributed by atoms with Crippen molar-refractivity contribution >= 4 is 34.2 Å². The number of halogens is 3. The first-order chi connectivity index (χ1) is 17.2. The molecule has 188 valence electrons. The lowest BCUT2D eigenvalue weighted by molar-refractivity contribution is -0.274. The SMILES string of the molecule is CC1C(=O)N(c2ccc(OC(F)(F)F)cc2)C(=O)N1Cc1c(N2CCCCC2)cnc2ccccc12. The topological polar surface area (TPSA) is 66.0 Å². The molecule has 0 spiro atoms. The first-order valence-corrected chi connectivity index (χ1v) is 11.8. The summed E-state index contributed by atoms with van der Waals surface area (Å²) in [5, 5.41) is 0.917. The van der Waals surface area contributed by atoms with Crippen molar-refractivity contribution in [3.8, 4) is 5.75 Å². The molecule has 2 fully saturated rings. The molecule has 3 heterocycles. The van der Waals surface area contributed by atoms with Gasteiger partial charge in [-0.15, -0.1) is 13.2 Å². The highest BCUT2D eigenvalue weighted by Gasteiger charge is 2.44. The second-order valence-electron chi connectivity index (χ2n) is 8.99. The van der Waals surface area contributed by atoms with Crippen LogP contribution in [0, 0.1) is 0 Å². The first-order valence-electron chi connectivity index (χ1n) is 11.8. The largest absolute Gasteiger partial charge is 0.573 e. The maximum absolute atomic E-state index is 13.5. The van der Waals surface area contributed by atoms with E-state index in [9.17, 15) is 22.8 Å². The number of nitrogens with zero attached hydrogens (tertiary/aromatic N) is 4. The van der Waals surface area contributed by atoms with Crippen LogP contribution in [0.25, 0.3) is 10.9 Å². The van der Waals surface area contributed by atoms with Crippen LogP contribution in [0.2, 0.25) is 0 Å². The Labute approximate surface area is 206 Å². The van der Waals surface area contributed by atoms with Crippen molar-refractivity contribution in [2.24, 2.45) is 0 Å². The number of hydrogen-bond acceptors (Lipinski definition) is 5. The Morgan fingerprint density at radius 2 is 1.69 bits per heavy atom. The van der Waals surface area contributed by atoms with E-state index in [4.69, 9.17) is 0 Å². The summed E-state index contributed by atoms with van der Waals surface area (Å²) < 4.78 is 41.4. The van der Waals surface area contributed by atoms with Gasteiger partial charge in [-0.2, -0.15) is 0 Å². The molecule has 1 atom stereocenters. The fourth-order valence-electron chi connectivity index (χ4n) is 4.88. The van der Waals surface area contributed by atoms with Gasteiger partial charge in [0.05, 0.1) is 29.6 Å². The summed E-state index contributed by atoms with van der Waals surface area (Å²) in [7, 11) is 0. The maximum Gasteiger partial charge on any atom is 0.573 e. The summed E-state index contributed by atoms with van der Waals surface area (Å²) in [4.78, 5) is 36.0. The lowest BCUT2D eigenvalue weighted by atomic mass is 10.0. The summed E-state index contributed by atoms with van der Waals surface area (Å²) in [5.74, 6) is -0.868. The highest BCUT2D eigenvalue weighted by molar-refractivity contribution is 6.21. The number of anilines is 2. The smallest absolute Gasteiger partial charge is 0.406 e. The molecule has 2 aromatic carbocycles. The van der Waals surface area contributed by atoms with Gasteiger partial charge in [-0.05, 0) is 56.5 Å². The van der Waals surface area contributed by atoms with E-state index < -0.39 is 30.1 Å². The van der Waals surface area contributed by atoms with E-state index in [2.05, 4.69) is 14.6 Å². The van der Waals surface area contributed by atoms with Gasteiger partial charge in [0.25, 0.3) is 5.91 Å². The van der Waals surface area contributed by atoms with Crippen molar-refractivity contribution in [3.63, 3.8) is 0 Å². The molecule has 0 aliphatic carbocycles. The molecule has 5 rings (SSSR count). The zero-order valence-corrected chi connectivity index (χ0v) is 19.7. The molecule has 3 amide bonds. The molecule has 0 bridgehead atoms. The molecule has 2 aliphatic heterocycles. The van der Waals surface area contributed by atoms with Gasteiger partial charge in [-0.25, -0.2) is 9.69 Å². The number of fused-ring (bicyclic) bond motifs is 1. The van der Waals surface area contributed by atoms with Crippen molar-refractivity contribution in [3.05, 3.63) is 60.3 Å². The molecule has 7 nitrogen and oxygen atoms in total. The lowest BCUT2D eigenvalue weighted by Gasteiger charge is -2.32. The molecule has 10 heteroatoms. The van der Waals surface area contributed by atoms with Gasteiger partial charge in [0.1, 0.15) is 11.8 Å². The Morgan fingerprint density at radius 1 is 1.00 bits per heavy atom. The number of hydrogen-bond donors (Lipinski definition) is 0. The van der Waals surface area contributed by atoms with Crippen molar-refractivity contribution < 1.29 is 27.5 Å². The molecule has 36 heavy (non-hydrogen) atoms. The Hall–Kier alpha value is -3.82.